The van der Waals surface area contributed by atoms with E-state index in [1.54, 1.807) is 6.20 Å². The van der Waals surface area contributed by atoms with Gasteiger partial charge in [0, 0.05) is 18.6 Å². The Morgan fingerprint density at radius 3 is 3.06 bits per heavy atom. The second-order valence-electron chi connectivity index (χ2n) is 5.05. The minimum atomic E-state index is 0.114. The molecule has 1 aromatic heterocycles. The van der Waals surface area contributed by atoms with E-state index in [2.05, 4.69) is 14.9 Å². The van der Waals surface area contributed by atoms with Crippen molar-refractivity contribution in [3.63, 3.8) is 0 Å². The van der Waals surface area contributed by atoms with E-state index >= 15 is 0 Å². The van der Waals surface area contributed by atoms with Gasteiger partial charge >= 0.3 is 0 Å². The molecule has 3 rings (SSSR count). The first kappa shape index (κ1) is 12.0. The summed E-state index contributed by atoms with van der Waals surface area (Å²) in [6.45, 7) is 1.96. The normalized spacial score (nSPS) is 28.6. The molecular formula is C12H18N4OS. The molecule has 1 amide bonds. The number of hydrogen-bond donors (Lipinski definition) is 1. The first-order valence-electron chi connectivity index (χ1n) is 6.68. The van der Waals surface area contributed by atoms with Crippen molar-refractivity contribution in [2.24, 2.45) is 0 Å². The molecular weight excluding hydrogens is 248 g/mol. The Hall–Kier alpha value is -1.01. The third-order valence-corrected chi connectivity index (χ3v) is 4.60. The molecule has 2 aliphatic rings. The van der Waals surface area contributed by atoms with Gasteiger partial charge in [0.25, 0.3) is 5.91 Å². The maximum absolute atomic E-state index is 12.5. The summed E-state index contributed by atoms with van der Waals surface area (Å²) in [5, 5.41) is 7.30. The molecule has 0 bridgehead atoms. The van der Waals surface area contributed by atoms with Crippen LogP contribution in [0, 0.1) is 0 Å². The predicted octanol–water partition coefficient (Wildman–Crippen LogP) is 1.28. The van der Waals surface area contributed by atoms with Crippen LogP contribution in [0.4, 0.5) is 0 Å². The standard InChI is InChI=1S/C12H18N4OS/c17-12(11-8-14-15-18-11)16-7-2-1-5-10(16)9-4-3-6-13-9/h8-10,13H,1-7H2. The highest BCUT2D eigenvalue weighted by Crippen LogP contribution is 2.26. The highest BCUT2D eigenvalue weighted by atomic mass is 32.1. The predicted molar refractivity (Wildman–Crippen MR) is 69.6 cm³/mol. The Morgan fingerprint density at radius 1 is 1.39 bits per heavy atom. The van der Waals surface area contributed by atoms with Crippen molar-refractivity contribution in [3.8, 4) is 0 Å². The van der Waals surface area contributed by atoms with Gasteiger partial charge in [-0.25, -0.2) is 0 Å². The van der Waals surface area contributed by atoms with Gasteiger partial charge < -0.3 is 10.2 Å². The zero-order valence-corrected chi connectivity index (χ0v) is 11.2. The maximum atomic E-state index is 12.5. The Kier molecular flexibility index (Phi) is 3.56. The molecule has 2 fully saturated rings. The molecule has 0 radical (unpaired) electrons. The minimum absolute atomic E-state index is 0.114. The summed E-state index contributed by atoms with van der Waals surface area (Å²) in [4.78, 5) is 15.2. The molecule has 0 aliphatic carbocycles. The molecule has 2 atom stereocenters. The van der Waals surface area contributed by atoms with Crippen molar-refractivity contribution >= 4 is 17.4 Å². The number of carbonyl (C=O) groups is 1. The second kappa shape index (κ2) is 5.32. The van der Waals surface area contributed by atoms with E-state index in [1.807, 2.05) is 4.90 Å². The van der Waals surface area contributed by atoms with Gasteiger partial charge in [0.05, 0.1) is 6.20 Å². The molecule has 1 aromatic rings. The average molecular weight is 266 g/mol. The third kappa shape index (κ3) is 2.27. The summed E-state index contributed by atoms with van der Waals surface area (Å²) in [5.74, 6) is 0.114. The Balaban J connectivity index is 1.76. The van der Waals surface area contributed by atoms with Gasteiger partial charge in [-0.1, -0.05) is 4.49 Å². The van der Waals surface area contributed by atoms with Gasteiger partial charge in [-0.05, 0) is 50.2 Å². The molecule has 5 nitrogen and oxygen atoms in total. The lowest BCUT2D eigenvalue weighted by atomic mass is 9.94. The van der Waals surface area contributed by atoms with Crippen molar-refractivity contribution in [2.75, 3.05) is 13.1 Å². The molecule has 18 heavy (non-hydrogen) atoms. The molecule has 0 saturated carbocycles. The average Bonchev–Trinajstić information content (AvgIpc) is 3.11. The van der Waals surface area contributed by atoms with Crippen molar-refractivity contribution < 1.29 is 4.79 Å². The smallest absolute Gasteiger partial charge is 0.267 e. The van der Waals surface area contributed by atoms with Gasteiger partial charge in [-0.15, -0.1) is 5.10 Å². The summed E-state index contributed by atoms with van der Waals surface area (Å²) in [6.07, 6.45) is 7.46. The zero-order valence-electron chi connectivity index (χ0n) is 10.3. The summed E-state index contributed by atoms with van der Waals surface area (Å²) in [5.41, 5.74) is 0. The summed E-state index contributed by atoms with van der Waals surface area (Å²) >= 11 is 1.20. The number of nitrogens with zero attached hydrogens (tertiary/aromatic N) is 3. The number of piperidine rings is 1. The van der Waals surface area contributed by atoms with E-state index in [-0.39, 0.29) is 5.91 Å². The lowest BCUT2D eigenvalue weighted by Crippen LogP contribution is -2.52. The second-order valence-corrected chi connectivity index (χ2v) is 5.83. The van der Waals surface area contributed by atoms with E-state index in [1.165, 1.54) is 30.8 Å². The summed E-state index contributed by atoms with van der Waals surface area (Å²) in [6, 6.07) is 0.839. The van der Waals surface area contributed by atoms with E-state index < -0.39 is 0 Å². The van der Waals surface area contributed by atoms with E-state index in [0.717, 1.165) is 25.9 Å². The highest BCUT2D eigenvalue weighted by molar-refractivity contribution is 7.07. The molecule has 1 N–H and O–H groups in total. The Morgan fingerprint density at radius 2 is 2.33 bits per heavy atom. The lowest BCUT2D eigenvalue weighted by Gasteiger charge is -2.39. The fraction of sp³-hybridized carbons (Fsp3) is 0.750. The van der Waals surface area contributed by atoms with Gasteiger partial charge in [-0.2, -0.15) is 0 Å². The number of nitrogens with one attached hydrogen (secondary N) is 1. The van der Waals surface area contributed by atoms with Crippen molar-refractivity contribution in [2.45, 2.75) is 44.2 Å². The van der Waals surface area contributed by atoms with E-state index in [4.69, 9.17) is 0 Å². The van der Waals surface area contributed by atoms with Crippen LogP contribution in [-0.2, 0) is 0 Å². The molecule has 2 saturated heterocycles. The fourth-order valence-corrected chi connectivity index (χ4v) is 3.54. The monoisotopic (exact) mass is 266 g/mol. The topological polar surface area (TPSA) is 58.1 Å². The molecule has 6 heteroatoms. The third-order valence-electron chi connectivity index (χ3n) is 3.95. The number of hydrogen-bond acceptors (Lipinski definition) is 5. The SMILES string of the molecule is O=C(c1cnns1)N1CCCCC1C1CCCN1. The number of carbonyl (C=O) groups excluding carboxylic acids is 1. The number of rotatable bonds is 2. The van der Waals surface area contributed by atoms with Gasteiger partial charge in [-0.3, -0.25) is 4.79 Å². The van der Waals surface area contributed by atoms with Crippen LogP contribution in [0.1, 0.15) is 41.8 Å². The van der Waals surface area contributed by atoms with Crippen molar-refractivity contribution in [1.29, 1.82) is 0 Å². The molecule has 2 unspecified atom stereocenters. The quantitative estimate of drug-likeness (QED) is 0.876. The van der Waals surface area contributed by atoms with E-state index in [9.17, 15) is 4.79 Å². The minimum Gasteiger partial charge on any atom is -0.333 e. The van der Waals surface area contributed by atoms with Crippen LogP contribution < -0.4 is 5.32 Å². The van der Waals surface area contributed by atoms with Crippen LogP contribution in [0.25, 0.3) is 0 Å². The van der Waals surface area contributed by atoms with Crippen LogP contribution in [-0.4, -0.2) is 45.6 Å². The lowest BCUT2D eigenvalue weighted by molar-refractivity contribution is 0.0568. The highest BCUT2D eigenvalue weighted by Gasteiger charge is 2.35. The van der Waals surface area contributed by atoms with Gasteiger partial charge in [0.1, 0.15) is 4.88 Å². The zero-order chi connectivity index (χ0) is 12.4. The Labute approximate surface area is 111 Å². The maximum Gasteiger partial charge on any atom is 0.267 e. The van der Waals surface area contributed by atoms with Crippen LogP contribution >= 0.6 is 11.5 Å². The Bertz CT molecular complexity index is 402. The first-order chi connectivity index (χ1) is 8.86. The fourth-order valence-electron chi connectivity index (χ4n) is 3.07. The van der Waals surface area contributed by atoms with Crippen LogP contribution in [0.3, 0.4) is 0 Å². The van der Waals surface area contributed by atoms with Crippen LogP contribution in [0.2, 0.25) is 0 Å². The van der Waals surface area contributed by atoms with Crippen molar-refractivity contribution in [3.05, 3.63) is 11.1 Å². The molecule has 98 valence electrons. The molecule has 3 heterocycles. The molecule has 0 spiro atoms. The number of amides is 1. The summed E-state index contributed by atoms with van der Waals surface area (Å²) < 4.78 is 3.79. The largest absolute Gasteiger partial charge is 0.333 e. The number of likely N-dealkylation sites (tertiary alicyclic amines) is 1. The summed E-state index contributed by atoms with van der Waals surface area (Å²) in [7, 11) is 0. The molecule has 0 aromatic carbocycles. The van der Waals surface area contributed by atoms with Crippen LogP contribution in [0.15, 0.2) is 6.20 Å². The van der Waals surface area contributed by atoms with Gasteiger partial charge in [0.15, 0.2) is 0 Å². The number of aromatic nitrogens is 2. The van der Waals surface area contributed by atoms with Gasteiger partial charge in [0.2, 0.25) is 0 Å². The van der Waals surface area contributed by atoms with Crippen LogP contribution in [0.5, 0.6) is 0 Å². The first-order valence-corrected chi connectivity index (χ1v) is 7.45. The molecule has 2 aliphatic heterocycles. The van der Waals surface area contributed by atoms with Crippen molar-refractivity contribution in [1.82, 2.24) is 19.8 Å². The van der Waals surface area contributed by atoms with E-state index in [0.29, 0.717) is 17.0 Å².